The Hall–Kier alpha value is -1.41. The number of phenols is 1. The summed E-state index contributed by atoms with van der Waals surface area (Å²) in [6.07, 6.45) is 0. The fraction of sp³-hybridized carbons (Fsp3) is 0.474. The molecule has 0 spiro atoms. The van der Waals surface area contributed by atoms with E-state index in [1.807, 2.05) is 18.2 Å². The predicted octanol–water partition coefficient (Wildman–Crippen LogP) is 5.18. The molecule has 0 radical (unpaired) electrons. The summed E-state index contributed by atoms with van der Waals surface area (Å²) in [5, 5.41) is 12.6. The Morgan fingerprint density at radius 2 is 1.95 bits per heavy atom. The predicted molar refractivity (Wildman–Crippen MR) is 95.5 cm³/mol. The standard InChI is InChI=1S/C19H24ClNO/c1-11-7-6-8-13-16(22)9-15-18(17(11)13)14(10-20)12(2)21(15)19(3,4)5/h6-9,12,14,22H,10H2,1-5H3/t12-,14?/m0/s1. The first-order valence-electron chi connectivity index (χ1n) is 7.88. The largest absolute Gasteiger partial charge is 0.507 e. The Kier molecular flexibility index (Phi) is 3.56. The average Bonchev–Trinajstić information content (AvgIpc) is 2.70. The van der Waals surface area contributed by atoms with Crippen molar-refractivity contribution in [3.8, 4) is 5.75 Å². The second-order valence-electron chi connectivity index (χ2n) is 7.37. The number of rotatable bonds is 1. The Bertz CT molecular complexity index is 732. The molecular formula is C19H24ClNO. The minimum absolute atomic E-state index is 0.0161. The van der Waals surface area contributed by atoms with Gasteiger partial charge in [-0.15, -0.1) is 11.6 Å². The molecule has 0 aromatic heterocycles. The first-order chi connectivity index (χ1) is 10.3. The number of halogens is 1. The number of aromatic hydroxyl groups is 1. The zero-order valence-corrected chi connectivity index (χ0v) is 14.7. The molecule has 0 aliphatic carbocycles. The molecule has 3 rings (SSSR count). The fourth-order valence-electron chi connectivity index (χ4n) is 4.05. The third-order valence-corrected chi connectivity index (χ3v) is 5.21. The first-order valence-corrected chi connectivity index (χ1v) is 8.41. The lowest BCUT2D eigenvalue weighted by atomic mass is 9.90. The molecule has 2 aromatic carbocycles. The smallest absolute Gasteiger partial charge is 0.125 e. The van der Waals surface area contributed by atoms with Gasteiger partial charge >= 0.3 is 0 Å². The minimum atomic E-state index is -0.0161. The summed E-state index contributed by atoms with van der Waals surface area (Å²) >= 11 is 6.35. The van der Waals surface area contributed by atoms with E-state index in [9.17, 15) is 5.11 Å². The van der Waals surface area contributed by atoms with Gasteiger partial charge in [0, 0.05) is 40.5 Å². The van der Waals surface area contributed by atoms with Crippen molar-refractivity contribution in [1.82, 2.24) is 0 Å². The van der Waals surface area contributed by atoms with Crippen LogP contribution in [0.5, 0.6) is 5.75 Å². The van der Waals surface area contributed by atoms with E-state index in [0.29, 0.717) is 17.7 Å². The van der Waals surface area contributed by atoms with Crippen LogP contribution in [0.2, 0.25) is 0 Å². The molecular weight excluding hydrogens is 294 g/mol. The van der Waals surface area contributed by atoms with Crippen molar-refractivity contribution in [2.75, 3.05) is 10.8 Å². The van der Waals surface area contributed by atoms with Crippen LogP contribution in [0.3, 0.4) is 0 Å². The highest BCUT2D eigenvalue weighted by atomic mass is 35.5. The van der Waals surface area contributed by atoms with Gasteiger partial charge in [-0.3, -0.25) is 0 Å². The summed E-state index contributed by atoms with van der Waals surface area (Å²) in [7, 11) is 0. The van der Waals surface area contributed by atoms with Crippen molar-refractivity contribution >= 4 is 28.1 Å². The molecule has 0 amide bonds. The van der Waals surface area contributed by atoms with Crippen molar-refractivity contribution in [2.24, 2.45) is 0 Å². The molecule has 118 valence electrons. The molecule has 1 aliphatic heterocycles. The average molecular weight is 318 g/mol. The lowest BCUT2D eigenvalue weighted by Crippen LogP contribution is -2.46. The van der Waals surface area contributed by atoms with Gasteiger partial charge in [-0.05, 0) is 51.1 Å². The summed E-state index contributed by atoms with van der Waals surface area (Å²) in [6.45, 7) is 11.0. The topological polar surface area (TPSA) is 23.5 Å². The van der Waals surface area contributed by atoms with Gasteiger partial charge in [0.25, 0.3) is 0 Å². The maximum Gasteiger partial charge on any atom is 0.125 e. The van der Waals surface area contributed by atoms with Gasteiger partial charge < -0.3 is 10.0 Å². The Balaban J connectivity index is 2.41. The summed E-state index contributed by atoms with van der Waals surface area (Å²) in [6, 6.07) is 8.34. The van der Waals surface area contributed by atoms with Crippen molar-refractivity contribution in [3.63, 3.8) is 0 Å². The number of phenolic OH excluding ortho intramolecular Hbond substituents is 1. The van der Waals surface area contributed by atoms with E-state index in [1.54, 1.807) is 0 Å². The van der Waals surface area contributed by atoms with E-state index in [2.05, 4.69) is 45.6 Å². The Labute approximate surface area is 137 Å². The van der Waals surface area contributed by atoms with Crippen molar-refractivity contribution in [2.45, 2.75) is 52.1 Å². The lowest BCUT2D eigenvalue weighted by molar-refractivity contribution is 0.445. The first kappa shape index (κ1) is 15.5. The van der Waals surface area contributed by atoms with Crippen LogP contribution in [-0.4, -0.2) is 22.6 Å². The van der Waals surface area contributed by atoms with Crippen molar-refractivity contribution in [1.29, 1.82) is 0 Å². The fourth-order valence-corrected chi connectivity index (χ4v) is 4.46. The van der Waals surface area contributed by atoms with Gasteiger partial charge in [-0.2, -0.15) is 0 Å². The SMILES string of the molecule is Cc1cccc2c(O)cc3c(c12)C(CCl)[C@H](C)N3C(C)(C)C. The summed E-state index contributed by atoms with van der Waals surface area (Å²) in [4.78, 5) is 2.40. The van der Waals surface area contributed by atoms with Gasteiger partial charge in [0.1, 0.15) is 5.75 Å². The van der Waals surface area contributed by atoms with Gasteiger partial charge in [0.05, 0.1) is 0 Å². The quantitative estimate of drug-likeness (QED) is 0.732. The van der Waals surface area contributed by atoms with Crippen LogP contribution < -0.4 is 4.90 Å². The highest BCUT2D eigenvalue weighted by molar-refractivity contribution is 6.19. The normalized spacial score (nSPS) is 21.5. The molecule has 0 fully saturated rings. The molecule has 22 heavy (non-hydrogen) atoms. The van der Waals surface area contributed by atoms with E-state index in [4.69, 9.17) is 11.6 Å². The maximum absolute atomic E-state index is 10.5. The van der Waals surface area contributed by atoms with Crippen molar-refractivity contribution < 1.29 is 5.11 Å². The summed E-state index contributed by atoms with van der Waals surface area (Å²) in [5.41, 5.74) is 3.61. The molecule has 0 saturated heterocycles. The monoisotopic (exact) mass is 317 g/mol. The molecule has 0 bridgehead atoms. The number of alkyl halides is 1. The number of hydrogen-bond donors (Lipinski definition) is 1. The van der Waals surface area contributed by atoms with Crippen molar-refractivity contribution in [3.05, 3.63) is 35.4 Å². The van der Waals surface area contributed by atoms with Crippen LogP contribution in [0.1, 0.15) is 44.7 Å². The minimum Gasteiger partial charge on any atom is -0.507 e. The highest BCUT2D eigenvalue weighted by Gasteiger charge is 2.41. The van der Waals surface area contributed by atoms with Gasteiger partial charge in [-0.1, -0.05) is 18.2 Å². The zero-order valence-electron chi connectivity index (χ0n) is 13.9. The molecule has 1 aliphatic rings. The van der Waals surface area contributed by atoms with Crippen LogP contribution in [0.25, 0.3) is 10.8 Å². The van der Waals surface area contributed by atoms with Crippen LogP contribution in [0.15, 0.2) is 24.3 Å². The van der Waals surface area contributed by atoms with E-state index in [1.165, 1.54) is 16.5 Å². The lowest BCUT2D eigenvalue weighted by Gasteiger charge is -2.39. The Morgan fingerprint density at radius 3 is 2.55 bits per heavy atom. The summed E-state index contributed by atoms with van der Waals surface area (Å²) in [5.74, 6) is 1.23. The maximum atomic E-state index is 10.5. The van der Waals surface area contributed by atoms with Crippen LogP contribution >= 0.6 is 11.6 Å². The third-order valence-electron chi connectivity index (χ3n) is 4.88. The zero-order chi connectivity index (χ0) is 16.2. The molecule has 1 heterocycles. The Morgan fingerprint density at radius 1 is 1.27 bits per heavy atom. The molecule has 3 heteroatoms. The van der Waals surface area contributed by atoms with Crippen LogP contribution in [-0.2, 0) is 0 Å². The van der Waals surface area contributed by atoms with Crippen LogP contribution in [0.4, 0.5) is 5.69 Å². The van der Waals surface area contributed by atoms with E-state index >= 15 is 0 Å². The second-order valence-corrected chi connectivity index (χ2v) is 7.68. The number of anilines is 1. The summed E-state index contributed by atoms with van der Waals surface area (Å²) < 4.78 is 0. The van der Waals surface area contributed by atoms with Gasteiger partial charge in [0.2, 0.25) is 0 Å². The molecule has 1 N–H and O–H groups in total. The van der Waals surface area contributed by atoms with Crippen LogP contribution in [0, 0.1) is 6.92 Å². The van der Waals surface area contributed by atoms with Gasteiger partial charge in [-0.25, -0.2) is 0 Å². The molecule has 2 atom stereocenters. The number of hydrogen-bond acceptors (Lipinski definition) is 2. The number of fused-ring (bicyclic) bond motifs is 3. The highest BCUT2D eigenvalue weighted by Crippen LogP contribution is 2.51. The molecule has 2 nitrogen and oxygen atoms in total. The molecule has 2 aromatic rings. The van der Waals surface area contributed by atoms with E-state index in [0.717, 1.165) is 11.1 Å². The number of benzene rings is 2. The van der Waals surface area contributed by atoms with E-state index < -0.39 is 0 Å². The second kappa shape index (κ2) is 5.06. The third kappa shape index (κ3) is 2.08. The molecule has 0 saturated carbocycles. The van der Waals surface area contributed by atoms with Gasteiger partial charge in [0.15, 0.2) is 0 Å². The molecule has 1 unspecified atom stereocenters. The number of nitrogens with zero attached hydrogens (tertiary/aromatic N) is 1. The van der Waals surface area contributed by atoms with E-state index in [-0.39, 0.29) is 11.5 Å². The number of aryl methyl sites for hydroxylation is 1.